The van der Waals surface area contributed by atoms with E-state index >= 15 is 0 Å². The molecule has 178 valence electrons. The molecule has 2 atom stereocenters. The second-order valence-corrected chi connectivity index (χ2v) is 11.4. The van der Waals surface area contributed by atoms with Crippen LogP contribution in [-0.2, 0) is 19.6 Å². The van der Waals surface area contributed by atoms with Crippen molar-refractivity contribution in [1.82, 2.24) is 9.62 Å². The molecule has 0 aliphatic carbocycles. The number of methoxy groups -OCH3 is 1. The van der Waals surface area contributed by atoms with Gasteiger partial charge in [-0.15, -0.1) is 11.8 Å². The van der Waals surface area contributed by atoms with Crippen LogP contribution in [0.2, 0.25) is 0 Å². The van der Waals surface area contributed by atoms with Crippen molar-refractivity contribution in [3.05, 3.63) is 59.7 Å². The van der Waals surface area contributed by atoms with Gasteiger partial charge in [0.15, 0.2) is 0 Å². The first-order valence-electron chi connectivity index (χ1n) is 10.9. The van der Waals surface area contributed by atoms with Crippen molar-refractivity contribution in [3.63, 3.8) is 0 Å². The van der Waals surface area contributed by atoms with E-state index in [1.165, 1.54) is 18.9 Å². The third kappa shape index (κ3) is 6.59. The summed E-state index contributed by atoms with van der Waals surface area (Å²) in [4.78, 5) is 27.9. The largest absolute Gasteiger partial charge is 0.468 e. The molecule has 3 rings (SSSR count). The maximum Gasteiger partial charge on any atom is 0.318 e. The highest BCUT2D eigenvalue weighted by Gasteiger charge is 2.28. The van der Waals surface area contributed by atoms with Crippen LogP contribution in [0.1, 0.15) is 35.7 Å². The van der Waals surface area contributed by atoms with Gasteiger partial charge >= 0.3 is 5.97 Å². The molecule has 0 bridgehead atoms. The molecule has 0 saturated carbocycles. The summed E-state index contributed by atoms with van der Waals surface area (Å²) in [6.07, 6.45) is 1.65. The fourth-order valence-electron chi connectivity index (χ4n) is 3.77. The summed E-state index contributed by atoms with van der Waals surface area (Å²) in [6.45, 7) is 5.02. The predicted molar refractivity (Wildman–Crippen MR) is 129 cm³/mol. The molecular formula is C24H30N2O5S2. The van der Waals surface area contributed by atoms with Crippen LogP contribution in [0.4, 0.5) is 0 Å². The van der Waals surface area contributed by atoms with Crippen LogP contribution in [0.15, 0.2) is 58.3 Å². The monoisotopic (exact) mass is 490 g/mol. The number of nitrogens with zero attached hydrogens (tertiary/aromatic N) is 1. The number of nitrogens with one attached hydrogen (secondary N) is 1. The molecule has 33 heavy (non-hydrogen) atoms. The van der Waals surface area contributed by atoms with E-state index in [2.05, 4.69) is 4.72 Å². The van der Waals surface area contributed by atoms with Crippen LogP contribution in [0.5, 0.6) is 0 Å². The number of esters is 1. The number of thioether (sulfide) groups is 1. The molecule has 2 unspecified atom stereocenters. The van der Waals surface area contributed by atoms with Gasteiger partial charge in [0.05, 0.1) is 17.6 Å². The summed E-state index contributed by atoms with van der Waals surface area (Å²) in [6, 6.07) is 14.0. The van der Waals surface area contributed by atoms with Crippen molar-refractivity contribution >= 4 is 33.7 Å². The molecular weight excluding hydrogens is 460 g/mol. The molecule has 1 N–H and O–H groups in total. The van der Waals surface area contributed by atoms with Crippen LogP contribution in [-0.4, -0.2) is 57.2 Å². The SMILES string of the molecule is COC(=O)C(C)Sc1ccccc1C(=O)N1CCCC(CNS(=O)(=O)c2ccc(C)cc2)C1. The quantitative estimate of drug-likeness (QED) is 0.450. The lowest BCUT2D eigenvalue weighted by molar-refractivity contribution is -0.139. The zero-order valence-corrected chi connectivity index (χ0v) is 20.7. The molecule has 1 aliphatic rings. The van der Waals surface area contributed by atoms with Crippen LogP contribution < -0.4 is 4.72 Å². The van der Waals surface area contributed by atoms with Gasteiger partial charge < -0.3 is 9.64 Å². The maximum absolute atomic E-state index is 13.3. The number of likely N-dealkylation sites (tertiary alicyclic amines) is 1. The molecule has 0 radical (unpaired) electrons. The number of aryl methyl sites for hydroxylation is 1. The molecule has 1 fully saturated rings. The minimum Gasteiger partial charge on any atom is -0.468 e. The second-order valence-electron chi connectivity index (χ2n) is 8.20. The van der Waals surface area contributed by atoms with Crippen molar-refractivity contribution in [2.75, 3.05) is 26.7 Å². The van der Waals surface area contributed by atoms with E-state index < -0.39 is 15.3 Å². The van der Waals surface area contributed by atoms with Gasteiger partial charge in [-0.1, -0.05) is 29.8 Å². The lowest BCUT2D eigenvalue weighted by atomic mass is 9.97. The van der Waals surface area contributed by atoms with Crippen molar-refractivity contribution in [3.8, 4) is 0 Å². The van der Waals surface area contributed by atoms with Gasteiger partial charge in [0.2, 0.25) is 10.0 Å². The van der Waals surface area contributed by atoms with Crippen molar-refractivity contribution < 1.29 is 22.7 Å². The third-order valence-electron chi connectivity index (χ3n) is 5.65. The summed E-state index contributed by atoms with van der Waals surface area (Å²) < 4.78 is 32.7. The fraction of sp³-hybridized carbons (Fsp3) is 0.417. The Balaban J connectivity index is 1.65. The smallest absolute Gasteiger partial charge is 0.318 e. The van der Waals surface area contributed by atoms with Gasteiger partial charge in [-0.05, 0) is 56.9 Å². The average Bonchev–Trinajstić information content (AvgIpc) is 2.82. The molecule has 1 saturated heterocycles. The van der Waals surface area contributed by atoms with E-state index in [0.717, 1.165) is 23.3 Å². The Hall–Kier alpha value is -2.36. The lowest BCUT2D eigenvalue weighted by Gasteiger charge is -2.33. The lowest BCUT2D eigenvalue weighted by Crippen LogP contribution is -2.43. The number of benzene rings is 2. The summed E-state index contributed by atoms with van der Waals surface area (Å²) in [7, 11) is -2.25. The number of sulfonamides is 1. The number of carbonyl (C=O) groups excluding carboxylic acids is 2. The third-order valence-corrected chi connectivity index (χ3v) is 8.25. The first kappa shape index (κ1) is 25.3. The van der Waals surface area contributed by atoms with E-state index in [0.29, 0.717) is 18.7 Å². The summed E-state index contributed by atoms with van der Waals surface area (Å²) in [5.74, 6) is -0.431. The average molecular weight is 491 g/mol. The normalized spacial score (nSPS) is 17.4. The number of ether oxygens (including phenoxy) is 1. The van der Waals surface area contributed by atoms with Gasteiger partial charge in [0.1, 0.15) is 5.25 Å². The molecule has 0 aromatic heterocycles. The predicted octanol–water partition coefficient (Wildman–Crippen LogP) is 3.48. The van der Waals surface area contributed by atoms with E-state index in [-0.39, 0.29) is 29.2 Å². The summed E-state index contributed by atoms with van der Waals surface area (Å²) >= 11 is 1.29. The van der Waals surface area contributed by atoms with Gasteiger partial charge in [-0.25, -0.2) is 13.1 Å². The zero-order valence-electron chi connectivity index (χ0n) is 19.1. The van der Waals surface area contributed by atoms with Gasteiger partial charge in [0.25, 0.3) is 5.91 Å². The fourth-order valence-corrected chi connectivity index (χ4v) is 5.89. The number of piperidine rings is 1. The van der Waals surface area contributed by atoms with Crippen molar-refractivity contribution in [2.45, 2.75) is 41.7 Å². The molecule has 1 amide bonds. The maximum atomic E-state index is 13.3. The Morgan fingerprint density at radius 3 is 2.58 bits per heavy atom. The first-order valence-corrected chi connectivity index (χ1v) is 13.3. The number of hydrogen-bond donors (Lipinski definition) is 1. The van der Waals surface area contributed by atoms with Gasteiger partial charge in [0, 0.05) is 24.5 Å². The minimum absolute atomic E-state index is 0.0248. The number of rotatable bonds is 8. The molecule has 1 heterocycles. The molecule has 2 aromatic rings. The highest BCUT2D eigenvalue weighted by atomic mass is 32.2. The van der Waals surface area contributed by atoms with Gasteiger partial charge in [-0.3, -0.25) is 9.59 Å². The van der Waals surface area contributed by atoms with E-state index in [1.54, 1.807) is 48.2 Å². The topological polar surface area (TPSA) is 92.8 Å². The van der Waals surface area contributed by atoms with E-state index in [1.807, 2.05) is 19.1 Å². The van der Waals surface area contributed by atoms with E-state index in [9.17, 15) is 18.0 Å². The summed E-state index contributed by atoms with van der Waals surface area (Å²) in [5, 5.41) is -0.436. The Labute approximate surface area is 199 Å². The van der Waals surface area contributed by atoms with Crippen LogP contribution in [0, 0.1) is 12.8 Å². The standard InChI is InChI=1S/C24H30N2O5S2/c1-17-10-12-20(13-11-17)33(29,30)25-15-19-7-6-14-26(16-19)23(27)21-8-4-5-9-22(21)32-18(2)24(28)31-3/h4-5,8-13,18-19,25H,6-7,14-16H2,1-3H3. The second kappa shape index (κ2) is 11.2. The zero-order chi connectivity index (χ0) is 24.0. The van der Waals surface area contributed by atoms with Crippen LogP contribution >= 0.6 is 11.8 Å². The number of carbonyl (C=O) groups is 2. The Morgan fingerprint density at radius 2 is 1.88 bits per heavy atom. The molecule has 7 nitrogen and oxygen atoms in total. The van der Waals surface area contributed by atoms with Crippen LogP contribution in [0.25, 0.3) is 0 Å². The van der Waals surface area contributed by atoms with Crippen molar-refractivity contribution in [2.24, 2.45) is 5.92 Å². The molecule has 0 spiro atoms. The molecule has 9 heteroatoms. The highest BCUT2D eigenvalue weighted by Crippen LogP contribution is 2.29. The number of amides is 1. The van der Waals surface area contributed by atoms with Crippen LogP contribution in [0.3, 0.4) is 0 Å². The Morgan fingerprint density at radius 1 is 1.18 bits per heavy atom. The molecule has 2 aromatic carbocycles. The first-order chi connectivity index (χ1) is 15.7. The van der Waals surface area contributed by atoms with Crippen molar-refractivity contribution in [1.29, 1.82) is 0 Å². The van der Waals surface area contributed by atoms with E-state index in [4.69, 9.17) is 4.74 Å². The Bertz CT molecular complexity index is 1090. The Kier molecular flexibility index (Phi) is 8.56. The summed E-state index contributed by atoms with van der Waals surface area (Å²) in [5.41, 5.74) is 1.54. The van der Waals surface area contributed by atoms with Gasteiger partial charge in [-0.2, -0.15) is 0 Å². The number of hydrogen-bond acceptors (Lipinski definition) is 6. The minimum atomic E-state index is -3.60. The molecule has 1 aliphatic heterocycles. The highest BCUT2D eigenvalue weighted by molar-refractivity contribution is 8.00.